The first-order valence-electron chi connectivity index (χ1n) is 10.3. The van der Waals surface area contributed by atoms with Gasteiger partial charge in [0.1, 0.15) is 0 Å². The molecule has 0 unspecified atom stereocenters. The van der Waals surface area contributed by atoms with E-state index in [-0.39, 0.29) is 29.4 Å². The molecule has 31 heavy (non-hydrogen) atoms. The van der Waals surface area contributed by atoms with Crippen LogP contribution in [0.25, 0.3) is 0 Å². The van der Waals surface area contributed by atoms with Gasteiger partial charge in [0, 0.05) is 5.69 Å². The van der Waals surface area contributed by atoms with Gasteiger partial charge in [-0.05, 0) is 43.0 Å². The van der Waals surface area contributed by atoms with Crippen molar-refractivity contribution in [3.63, 3.8) is 0 Å². The number of nitrogens with one attached hydrogen (secondary N) is 2. The molecule has 5 heteroatoms. The van der Waals surface area contributed by atoms with Gasteiger partial charge in [0.2, 0.25) is 11.8 Å². The molecule has 2 amide bonds. The van der Waals surface area contributed by atoms with Crippen LogP contribution in [0.15, 0.2) is 72.8 Å². The first-order chi connectivity index (χ1) is 14.9. The molecule has 0 bridgehead atoms. The zero-order chi connectivity index (χ0) is 22.2. The summed E-state index contributed by atoms with van der Waals surface area (Å²) in [6, 6.07) is 24.3. The molecule has 4 nitrogen and oxygen atoms in total. The minimum Gasteiger partial charge on any atom is -0.346 e. The van der Waals surface area contributed by atoms with Gasteiger partial charge in [-0.1, -0.05) is 78.4 Å². The standard InChI is InChI=1S/C26H28N2O2S/c1-18-14-19(2)25(20(3)15-18)28-23(29)16-27-24(30)17-31-26(21-10-6-4-7-11-21)22-12-8-5-9-13-22/h4-15,26H,16-17H2,1-3H3,(H,27,30)(H,28,29). The Morgan fingerprint density at radius 2 is 1.32 bits per heavy atom. The maximum atomic E-state index is 12.4. The Kier molecular flexibility index (Phi) is 7.90. The zero-order valence-corrected chi connectivity index (χ0v) is 19.0. The average molecular weight is 433 g/mol. The van der Waals surface area contributed by atoms with Gasteiger partial charge in [-0.25, -0.2) is 0 Å². The van der Waals surface area contributed by atoms with Gasteiger partial charge in [0.15, 0.2) is 0 Å². The molecule has 0 aromatic heterocycles. The van der Waals surface area contributed by atoms with Gasteiger partial charge in [0.05, 0.1) is 17.5 Å². The lowest BCUT2D eigenvalue weighted by atomic mass is 10.0. The van der Waals surface area contributed by atoms with Crippen LogP contribution in [0.4, 0.5) is 5.69 Å². The summed E-state index contributed by atoms with van der Waals surface area (Å²) < 4.78 is 0. The van der Waals surface area contributed by atoms with Crippen molar-refractivity contribution < 1.29 is 9.59 Å². The van der Waals surface area contributed by atoms with E-state index in [0.717, 1.165) is 33.5 Å². The number of hydrogen-bond acceptors (Lipinski definition) is 3. The van der Waals surface area contributed by atoms with Crippen LogP contribution in [-0.4, -0.2) is 24.1 Å². The van der Waals surface area contributed by atoms with Crippen molar-refractivity contribution in [3.8, 4) is 0 Å². The normalized spacial score (nSPS) is 10.7. The van der Waals surface area contributed by atoms with Crippen LogP contribution in [0.3, 0.4) is 0 Å². The molecule has 0 fully saturated rings. The Bertz CT molecular complexity index is 973. The number of anilines is 1. The third-order valence-corrected chi connectivity index (χ3v) is 6.28. The Labute approximate surface area is 188 Å². The second kappa shape index (κ2) is 10.8. The lowest BCUT2D eigenvalue weighted by Crippen LogP contribution is -2.34. The predicted octanol–water partition coefficient (Wildman–Crippen LogP) is 5.19. The number of carbonyl (C=O) groups excluding carboxylic acids is 2. The summed E-state index contributed by atoms with van der Waals surface area (Å²) in [5, 5.41) is 5.71. The van der Waals surface area contributed by atoms with Crippen molar-refractivity contribution >= 4 is 29.3 Å². The fourth-order valence-corrected chi connectivity index (χ4v) is 4.71. The Morgan fingerprint density at radius 3 is 1.84 bits per heavy atom. The highest BCUT2D eigenvalue weighted by molar-refractivity contribution is 8.00. The first kappa shape index (κ1) is 22.6. The number of hydrogen-bond donors (Lipinski definition) is 2. The molecule has 3 aromatic carbocycles. The van der Waals surface area contributed by atoms with Gasteiger partial charge in [0.25, 0.3) is 0 Å². The molecule has 3 aromatic rings. The van der Waals surface area contributed by atoms with E-state index in [1.807, 2.05) is 69.3 Å². The Balaban J connectivity index is 1.56. The van der Waals surface area contributed by atoms with Crippen molar-refractivity contribution in [2.45, 2.75) is 26.0 Å². The molecule has 0 saturated carbocycles. The van der Waals surface area contributed by atoms with Gasteiger partial charge >= 0.3 is 0 Å². The van der Waals surface area contributed by atoms with Crippen LogP contribution in [0.5, 0.6) is 0 Å². The summed E-state index contributed by atoms with van der Waals surface area (Å²) in [6.07, 6.45) is 0. The number of aryl methyl sites for hydroxylation is 3. The van der Waals surface area contributed by atoms with Crippen LogP contribution in [0, 0.1) is 20.8 Å². The van der Waals surface area contributed by atoms with Gasteiger partial charge in [-0.3, -0.25) is 9.59 Å². The zero-order valence-electron chi connectivity index (χ0n) is 18.1. The highest BCUT2D eigenvalue weighted by atomic mass is 32.2. The third kappa shape index (κ3) is 6.46. The monoisotopic (exact) mass is 432 g/mol. The molecular weight excluding hydrogens is 404 g/mol. The maximum absolute atomic E-state index is 12.4. The first-order valence-corrected chi connectivity index (χ1v) is 11.3. The largest absolute Gasteiger partial charge is 0.346 e. The highest BCUT2D eigenvalue weighted by Gasteiger charge is 2.17. The molecule has 0 saturated heterocycles. The lowest BCUT2D eigenvalue weighted by Gasteiger charge is -2.17. The third-order valence-electron chi connectivity index (χ3n) is 4.97. The Morgan fingerprint density at radius 1 is 0.806 bits per heavy atom. The second-order valence-electron chi connectivity index (χ2n) is 7.61. The molecule has 160 valence electrons. The van der Waals surface area contributed by atoms with Crippen molar-refractivity contribution in [3.05, 3.63) is 101 Å². The Hall–Kier alpha value is -3.05. The SMILES string of the molecule is Cc1cc(C)c(NC(=O)CNC(=O)CSC(c2ccccc2)c2ccccc2)c(C)c1. The topological polar surface area (TPSA) is 58.2 Å². The molecule has 0 aliphatic heterocycles. The summed E-state index contributed by atoms with van der Waals surface area (Å²) in [7, 11) is 0. The van der Waals surface area contributed by atoms with E-state index in [1.54, 1.807) is 11.8 Å². The van der Waals surface area contributed by atoms with E-state index < -0.39 is 0 Å². The van der Waals surface area contributed by atoms with Crippen LogP contribution < -0.4 is 10.6 Å². The van der Waals surface area contributed by atoms with Crippen molar-refractivity contribution in [2.24, 2.45) is 0 Å². The van der Waals surface area contributed by atoms with Gasteiger partial charge in [-0.2, -0.15) is 0 Å². The minimum absolute atomic E-state index is 0.0481. The maximum Gasteiger partial charge on any atom is 0.243 e. The number of rotatable bonds is 8. The number of benzene rings is 3. The predicted molar refractivity (Wildman–Crippen MR) is 129 cm³/mol. The van der Waals surface area contributed by atoms with Gasteiger partial charge in [-0.15, -0.1) is 11.8 Å². The average Bonchev–Trinajstić information content (AvgIpc) is 2.76. The van der Waals surface area contributed by atoms with E-state index in [9.17, 15) is 9.59 Å². The van der Waals surface area contributed by atoms with Crippen molar-refractivity contribution in [1.82, 2.24) is 5.32 Å². The van der Waals surface area contributed by atoms with E-state index in [2.05, 4.69) is 34.9 Å². The van der Waals surface area contributed by atoms with Crippen LogP contribution in [-0.2, 0) is 9.59 Å². The van der Waals surface area contributed by atoms with Crippen LogP contribution in [0.2, 0.25) is 0 Å². The van der Waals surface area contributed by atoms with E-state index in [4.69, 9.17) is 0 Å². The molecule has 0 aliphatic carbocycles. The smallest absolute Gasteiger partial charge is 0.243 e. The summed E-state index contributed by atoms with van der Waals surface area (Å²) in [4.78, 5) is 24.8. The summed E-state index contributed by atoms with van der Waals surface area (Å²) >= 11 is 1.55. The number of amides is 2. The second-order valence-corrected chi connectivity index (χ2v) is 8.70. The summed E-state index contributed by atoms with van der Waals surface area (Å²) in [6.45, 7) is 5.92. The summed E-state index contributed by atoms with van der Waals surface area (Å²) in [5.74, 6) is -0.116. The minimum atomic E-state index is -0.226. The van der Waals surface area contributed by atoms with Gasteiger partial charge < -0.3 is 10.6 Å². The molecule has 3 rings (SSSR count). The number of thioether (sulfide) groups is 1. The molecule has 2 N–H and O–H groups in total. The van der Waals surface area contributed by atoms with Crippen LogP contribution >= 0.6 is 11.8 Å². The molecule has 0 aliphatic rings. The molecule has 0 heterocycles. The molecule has 0 atom stereocenters. The van der Waals surface area contributed by atoms with Crippen molar-refractivity contribution in [1.29, 1.82) is 0 Å². The summed E-state index contributed by atoms with van der Waals surface area (Å²) in [5.41, 5.74) is 6.30. The van der Waals surface area contributed by atoms with E-state index in [0.29, 0.717) is 0 Å². The molecular formula is C26H28N2O2S. The molecule has 0 spiro atoms. The van der Waals surface area contributed by atoms with Crippen LogP contribution in [0.1, 0.15) is 33.1 Å². The quantitative estimate of drug-likeness (QED) is 0.515. The van der Waals surface area contributed by atoms with E-state index >= 15 is 0 Å². The highest BCUT2D eigenvalue weighted by Crippen LogP contribution is 2.35. The van der Waals surface area contributed by atoms with Crippen molar-refractivity contribution in [2.75, 3.05) is 17.6 Å². The van der Waals surface area contributed by atoms with E-state index in [1.165, 1.54) is 0 Å². The lowest BCUT2D eigenvalue weighted by molar-refractivity contribution is -0.122. The molecule has 0 radical (unpaired) electrons. The fourth-order valence-electron chi connectivity index (χ4n) is 3.59. The number of carbonyl (C=O) groups is 2. The fraction of sp³-hybridized carbons (Fsp3) is 0.231.